The van der Waals surface area contributed by atoms with Crippen molar-refractivity contribution in [2.45, 2.75) is 19.4 Å². The Kier molecular flexibility index (Phi) is 4.43. The van der Waals surface area contributed by atoms with Crippen LogP contribution >= 0.6 is 0 Å². The summed E-state index contributed by atoms with van der Waals surface area (Å²) < 4.78 is 42.6. The van der Waals surface area contributed by atoms with Crippen LogP contribution in [0.2, 0.25) is 0 Å². The molecule has 1 atom stereocenters. The molecule has 0 saturated heterocycles. The predicted octanol–water partition coefficient (Wildman–Crippen LogP) is 1.06. The summed E-state index contributed by atoms with van der Waals surface area (Å²) in [5, 5.41) is 0. The molecule has 0 aliphatic rings. The summed E-state index contributed by atoms with van der Waals surface area (Å²) in [6.45, 7) is 1.02. The summed E-state index contributed by atoms with van der Waals surface area (Å²) in [4.78, 5) is 21.7. The monoisotopic (exact) mass is 261 g/mol. The average molecular weight is 261 g/mol. The fourth-order valence-electron chi connectivity index (χ4n) is 1.28. The second kappa shape index (κ2) is 5.63. The molecular weight excluding hydrogens is 251 g/mol. The molecule has 1 aromatic rings. The van der Waals surface area contributed by atoms with Gasteiger partial charge in [-0.2, -0.15) is 0 Å². The molecule has 1 aromatic carbocycles. The van der Waals surface area contributed by atoms with Crippen molar-refractivity contribution in [3.05, 3.63) is 35.1 Å². The van der Waals surface area contributed by atoms with Crippen LogP contribution in [0.15, 0.2) is 12.1 Å². The number of esters is 2. The van der Waals surface area contributed by atoms with Gasteiger partial charge in [0.2, 0.25) is 0 Å². The Balaban J connectivity index is 2.79. The quantitative estimate of drug-likeness (QED) is 0.502. The summed E-state index contributed by atoms with van der Waals surface area (Å²) in [7, 11) is 0. The van der Waals surface area contributed by atoms with E-state index in [2.05, 4.69) is 4.74 Å². The number of carbonyl (C=O) groups is 2. The van der Waals surface area contributed by atoms with Crippen molar-refractivity contribution in [2.75, 3.05) is 0 Å². The molecule has 4 nitrogen and oxygen atoms in total. The van der Waals surface area contributed by atoms with Gasteiger partial charge in [-0.25, -0.2) is 18.0 Å². The number of hydrogen-bond acceptors (Lipinski definition) is 4. The summed E-state index contributed by atoms with van der Waals surface area (Å²) >= 11 is 0. The zero-order valence-corrected chi connectivity index (χ0v) is 9.38. The molecule has 18 heavy (non-hydrogen) atoms. The minimum atomic E-state index is -1.60. The lowest BCUT2D eigenvalue weighted by Crippen LogP contribution is -2.35. The van der Waals surface area contributed by atoms with E-state index < -0.39 is 35.4 Å². The minimum absolute atomic E-state index is 0.0144. The van der Waals surface area contributed by atoms with Crippen molar-refractivity contribution in [3.8, 4) is 0 Å². The number of benzene rings is 1. The Hall–Kier alpha value is -1.89. The molecule has 0 saturated carbocycles. The molecule has 0 amide bonds. The molecule has 0 spiro atoms. The highest BCUT2D eigenvalue weighted by molar-refractivity contribution is 5.87. The van der Waals surface area contributed by atoms with Gasteiger partial charge in [-0.05, 0) is 24.1 Å². The number of nitrogens with two attached hydrogens (primary N) is 1. The third-order valence-corrected chi connectivity index (χ3v) is 2.05. The molecule has 7 heteroatoms. The molecule has 0 aliphatic carbocycles. The number of halogens is 3. The Labute approximate surface area is 101 Å². The molecule has 0 unspecified atom stereocenters. The van der Waals surface area contributed by atoms with Crippen LogP contribution in [0.5, 0.6) is 0 Å². The van der Waals surface area contributed by atoms with Crippen molar-refractivity contribution in [1.29, 1.82) is 0 Å². The van der Waals surface area contributed by atoms with Gasteiger partial charge in [0, 0.05) is 6.92 Å². The van der Waals surface area contributed by atoms with Crippen molar-refractivity contribution in [1.82, 2.24) is 0 Å². The maximum atomic E-state index is 12.9. The van der Waals surface area contributed by atoms with E-state index in [1.54, 1.807) is 0 Å². The maximum Gasteiger partial charge on any atom is 0.330 e. The topological polar surface area (TPSA) is 69.4 Å². The largest absolute Gasteiger partial charge is 0.392 e. The molecule has 0 heterocycles. The van der Waals surface area contributed by atoms with Gasteiger partial charge in [0.1, 0.15) is 6.04 Å². The van der Waals surface area contributed by atoms with Crippen LogP contribution in [0, 0.1) is 17.5 Å². The Morgan fingerprint density at radius 1 is 1.28 bits per heavy atom. The highest BCUT2D eigenvalue weighted by Crippen LogP contribution is 2.14. The molecule has 0 aliphatic heterocycles. The van der Waals surface area contributed by atoms with E-state index in [-0.39, 0.29) is 12.0 Å². The molecule has 2 N–H and O–H groups in total. The van der Waals surface area contributed by atoms with Gasteiger partial charge in [-0.1, -0.05) is 0 Å². The molecule has 1 rings (SSSR count). The van der Waals surface area contributed by atoms with Crippen LogP contribution < -0.4 is 5.73 Å². The third-order valence-electron chi connectivity index (χ3n) is 2.05. The summed E-state index contributed by atoms with van der Waals surface area (Å²) in [6.07, 6.45) is -0.278. The highest BCUT2D eigenvalue weighted by Gasteiger charge is 2.19. The van der Waals surface area contributed by atoms with Gasteiger partial charge in [0.05, 0.1) is 0 Å². The lowest BCUT2D eigenvalue weighted by atomic mass is 10.1. The molecule has 0 bridgehead atoms. The Morgan fingerprint density at radius 2 is 1.78 bits per heavy atom. The van der Waals surface area contributed by atoms with Gasteiger partial charge >= 0.3 is 11.9 Å². The van der Waals surface area contributed by atoms with Crippen LogP contribution in [-0.4, -0.2) is 18.0 Å². The van der Waals surface area contributed by atoms with Gasteiger partial charge in [-0.3, -0.25) is 4.79 Å². The first-order valence-corrected chi connectivity index (χ1v) is 4.92. The standard InChI is InChI=1S/C11H10F3NO3/c1-5(16)18-11(17)9(15)4-6-2-7(12)10(14)8(13)3-6/h2-3,9H,4,15H2,1H3/t9-/m0/s1. The fourth-order valence-corrected chi connectivity index (χ4v) is 1.28. The zero-order valence-electron chi connectivity index (χ0n) is 9.38. The van der Waals surface area contributed by atoms with Crippen LogP contribution in [0.25, 0.3) is 0 Å². The first-order chi connectivity index (χ1) is 8.31. The van der Waals surface area contributed by atoms with Gasteiger partial charge in [0.15, 0.2) is 17.5 Å². The van der Waals surface area contributed by atoms with E-state index in [1.165, 1.54) is 0 Å². The van der Waals surface area contributed by atoms with E-state index in [0.717, 1.165) is 19.1 Å². The van der Waals surface area contributed by atoms with E-state index in [4.69, 9.17) is 5.73 Å². The predicted molar refractivity (Wildman–Crippen MR) is 54.8 cm³/mol. The molecule has 0 fully saturated rings. The molecule has 98 valence electrons. The van der Waals surface area contributed by atoms with Crippen LogP contribution in [0.1, 0.15) is 12.5 Å². The van der Waals surface area contributed by atoms with E-state index in [1.807, 2.05) is 0 Å². The maximum absolute atomic E-state index is 12.9. The fraction of sp³-hybridized carbons (Fsp3) is 0.273. The summed E-state index contributed by atoms with van der Waals surface area (Å²) in [6, 6.07) is 0.178. The van der Waals surface area contributed by atoms with Crippen molar-refractivity contribution in [2.24, 2.45) is 5.73 Å². The number of hydrogen-bond donors (Lipinski definition) is 1. The average Bonchev–Trinajstić information content (AvgIpc) is 2.24. The van der Waals surface area contributed by atoms with Gasteiger partial charge in [0.25, 0.3) is 0 Å². The summed E-state index contributed by atoms with van der Waals surface area (Å²) in [5.74, 6) is -6.22. The molecule has 0 aromatic heterocycles. The summed E-state index contributed by atoms with van der Waals surface area (Å²) in [5.41, 5.74) is 5.36. The van der Waals surface area contributed by atoms with Crippen molar-refractivity contribution in [3.63, 3.8) is 0 Å². The van der Waals surface area contributed by atoms with Crippen LogP contribution in [-0.2, 0) is 20.7 Å². The van der Waals surface area contributed by atoms with E-state index >= 15 is 0 Å². The number of rotatable bonds is 3. The Bertz CT molecular complexity index is 467. The lowest BCUT2D eigenvalue weighted by Gasteiger charge is -2.10. The van der Waals surface area contributed by atoms with E-state index in [9.17, 15) is 22.8 Å². The number of ether oxygens (including phenoxy) is 1. The smallest absolute Gasteiger partial charge is 0.330 e. The number of carbonyl (C=O) groups excluding carboxylic acids is 2. The van der Waals surface area contributed by atoms with Crippen molar-refractivity contribution < 1.29 is 27.5 Å². The van der Waals surface area contributed by atoms with Crippen LogP contribution in [0.3, 0.4) is 0 Å². The Morgan fingerprint density at radius 3 is 2.22 bits per heavy atom. The SMILES string of the molecule is CC(=O)OC(=O)[C@@H](N)Cc1cc(F)c(F)c(F)c1. The first-order valence-electron chi connectivity index (χ1n) is 4.92. The molecular formula is C11H10F3NO3. The van der Waals surface area contributed by atoms with Crippen molar-refractivity contribution >= 4 is 11.9 Å². The minimum Gasteiger partial charge on any atom is -0.392 e. The highest BCUT2D eigenvalue weighted by atomic mass is 19.2. The first kappa shape index (κ1) is 14.2. The second-order valence-electron chi connectivity index (χ2n) is 3.60. The third kappa shape index (κ3) is 3.56. The van der Waals surface area contributed by atoms with Gasteiger partial charge < -0.3 is 10.5 Å². The normalized spacial score (nSPS) is 12.1. The van der Waals surface area contributed by atoms with Crippen LogP contribution in [0.4, 0.5) is 13.2 Å². The van der Waals surface area contributed by atoms with Gasteiger partial charge in [-0.15, -0.1) is 0 Å². The second-order valence-corrected chi connectivity index (χ2v) is 3.60. The lowest BCUT2D eigenvalue weighted by molar-refractivity contribution is -0.159. The van der Waals surface area contributed by atoms with E-state index in [0.29, 0.717) is 0 Å². The zero-order chi connectivity index (χ0) is 13.9. The molecule has 0 radical (unpaired) electrons.